The van der Waals surface area contributed by atoms with Crippen LogP contribution in [-0.2, 0) is 9.59 Å². The van der Waals surface area contributed by atoms with E-state index in [1.165, 1.54) is 22.4 Å². The fourth-order valence-electron chi connectivity index (χ4n) is 2.12. The normalized spacial score (nSPS) is 13.4. The number of rotatable bonds is 8. The summed E-state index contributed by atoms with van der Waals surface area (Å²) < 4.78 is 1.34. The van der Waals surface area contributed by atoms with Gasteiger partial charge in [0.2, 0.25) is 5.91 Å². The Kier molecular flexibility index (Phi) is 7.17. The van der Waals surface area contributed by atoms with Gasteiger partial charge in [-0.05, 0) is 43.4 Å². The number of hydrogen-bond acceptors (Lipinski definition) is 4. The number of carbonyl (C=O) groups is 2. The van der Waals surface area contributed by atoms with E-state index in [0.717, 1.165) is 5.56 Å². The first-order chi connectivity index (χ1) is 10.4. The molecule has 1 rings (SSSR count). The summed E-state index contributed by atoms with van der Waals surface area (Å²) in [7, 11) is 0. The van der Waals surface area contributed by atoms with E-state index in [9.17, 15) is 19.5 Å². The van der Waals surface area contributed by atoms with Gasteiger partial charge in [-0.2, -0.15) is 11.8 Å². The van der Waals surface area contributed by atoms with Crippen molar-refractivity contribution >= 4 is 23.6 Å². The number of aryl methyl sites for hydroxylation is 1. The smallest absolute Gasteiger partial charge is 0.326 e. The Labute approximate surface area is 133 Å². The van der Waals surface area contributed by atoms with Crippen molar-refractivity contribution in [2.45, 2.75) is 38.8 Å². The van der Waals surface area contributed by atoms with Crippen LogP contribution in [0.5, 0.6) is 0 Å². The topological polar surface area (TPSA) is 88.4 Å². The number of carbonyl (C=O) groups excluding carboxylic acids is 1. The monoisotopic (exact) mass is 326 g/mol. The average Bonchev–Trinajstić information content (AvgIpc) is 2.46. The van der Waals surface area contributed by atoms with Gasteiger partial charge in [0.25, 0.3) is 5.56 Å². The molecule has 22 heavy (non-hydrogen) atoms. The molecule has 1 aromatic heterocycles. The molecule has 0 spiro atoms. The van der Waals surface area contributed by atoms with Gasteiger partial charge < -0.3 is 15.0 Å². The summed E-state index contributed by atoms with van der Waals surface area (Å²) in [5, 5.41) is 11.7. The average molecular weight is 326 g/mol. The van der Waals surface area contributed by atoms with Crippen molar-refractivity contribution in [3.8, 4) is 0 Å². The highest BCUT2D eigenvalue weighted by molar-refractivity contribution is 7.98. The number of nitrogens with one attached hydrogen (secondary N) is 1. The zero-order valence-electron chi connectivity index (χ0n) is 13.0. The summed E-state index contributed by atoms with van der Waals surface area (Å²) in [5.74, 6) is -0.867. The molecule has 122 valence electrons. The van der Waals surface area contributed by atoms with E-state index in [1.54, 1.807) is 26.1 Å². The lowest BCUT2D eigenvalue weighted by Gasteiger charge is -2.21. The molecule has 6 nitrogen and oxygen atoms in total. The highest BCUT2D eigenvalue weighted by Gasteiger charge is 2.25. The third kappa shape index (κ3) is 4.91. The summed E-state index contributed by atoms with van der Waals surface area (Å²) in [6, 6.07) is 1.57. The second kappa shape index (κ2) is 8.63. The first-order valence-electron chi connectivity index (χ1n) is 7.11. The molecule has 0 saturated carbocycles. The van der Waals surface area contributed by atoms with Gasteiger partial charge in [-0.25, -0.2) is 4.79 Å². The fourth-order valence-corrected chi connectivity index (χ4v) is 2.59. The molecule has 0 aliphatic heterocycles. The third-order valence-corrected chi connectivity index (χ3v) is 4.00. The Morgan fingerprint density at radius 3 is 2.64 bits per heavy atom. The number of amides is 1. The molecule has 0 fully saturated rings. The summed E-state index contributed by atoms with van der Waals surface area (Å²) in [4.78, 5) is 35.6. The highest BCUT2D eigenvalue weighted by atomic mass is 32.2. The van der Waals surface area contributed by atoms with Crippen LogP contribution in [0.3, 0.4) is 0 Å². The standard InChI is InChI=1S/C15H22N2O4S/c1-4-12(17-7-5-10(2)9-13(17)18)14(19)16-11(15(20)21)6-8-22-3/h5,7,9,11-12H,4,6,8H2,1-3H3,(H,16,19)(H,20,21). The van der Waals surface area contributed by atoms with Crippen molar-refractivity contribution < 1.29 is 14.7 Å². The zero-order chi connectivity index (χ0) is 16.7. The molecule has 0 aliphatic rings. The SMILES string of the molecule is CCC(C(=O)NC(CCSC)C(=O)O)n1ccc(C)cc1=O. The van der Waals surface area contributed by atoms with Crippen molar-refractivity contribution in [1.29, 1.82) is 0 Å². The predicted molar refractivity (Wildman–Crippen MR) is 87.3 cm³/mol. The number of hydrogen-bond donors (Lipinski definition) is 2. The van der Waals surface area contributed by atoms with Crippen molar-refractivity contribution in [3.05, 3.63) is 34.2 Å². The van der Waals surface area contributed by atoms with Gasteiger partial charge in [0, 0.05) is 12.3 Å². The summed E-state index contributed by atoms with van der Waals surface area (Å²) in [6.45, 7) is 3.59. The van der Waals surface area contributed by atoms with E-state index < -0.39 is 24.0 Å². The number of pyridine rings is 1. The molecule has 1 aromatic rings. The Morgan fingerprint density at radius 2 is 2.14 bits per heavy atom. The van der Waals surface area contributed by atoms with Crippen LogP contribution in [0.2, 0.25) is 0 Å². The third-order valence-electron chi connectivity index (χ3n) is 3.35. The lowest BCUT2D eigenvalue weighted by atomic mass is 10.1. The maximum Gasteiger partial charge on any atom is 0.326 e. The molecule has 0 bridgehead atoms. The van der Waals surface area contributed by atoms with E-state index in [-0.39, 0.29) is 5.56 Å². The van der Waals surface area contributed by atoms with E-state index in [2.05, 4.69) is 5.32 Å². The minimum Gasteiger partial charge on any atom is -0.480 e. The van der Waals surface area contributed by atoms with E-state index in [4.69, 9.17) is 0 Å². The molecule has 1 heterocycles. The van der Waals surface area contributed by atoms with Crippen LogP contribution in [0.4, 0.5) is 0 Å². The maximum absolute atomic E-state index is 12.3. The van der Waals surface area contributed by atoms with Crippen molar-refractivity contribution in [2.24, 2.45) is 0 Å². The second-order valence-corrected chi connectivity index (χ2v) is 6.04. The van der Waals surface area contributed by atoms with Crippen LogP contribution in [0, 0.1) is 6.92 Å². The molecule has 0 radical (unpaired) electrons. The number of aromatic nitrogens is 1. The van der Waals surface area contributed by atoms with Gasteiger partial charge in [-0.15, -0.1) is 0 Å². The number of carboxylic acid groups (broad SMARTS) is 1. The molecule has 0 aliphatic carbocycles. The molecule has 7 heteroatoms. The Morgan fingerprint density at radius 1 is 1.45 bits per heavy atom. The van der Waals surface area contributed by atoms with Crippen LogP contribution >= 0.6 is 11.8 Å². The minimum atomic E-state index is -1.06. The lowest BCUT2D eigenvalue weighted by Crippen LogP contribution is -2.45. The summed E-state index contributed by atoms with van der Waals surface area (Å²) >= 11 is 1.52. The Hall–Kier alpha value is -1.76. The van der Waals surface area contributed by atoms with Gasteiger partial charge in [-0.1, -0.05) is 6.92 Å². The molecule has 0 aromatic carbocycles. The molecule has 2 atom stereocenters. The first kappa shape index (κ1) is 18.3. The molecule has 2 unspecified atom stereocenters. The van der Waals surface area contributed by atoms with Crippen LogP contribution < -0.4 is 10.9 Å². The van der Waals surface area contributed by atoms with Crippen molar-refractivity contribution in [1.82, 2.24) is 9.88 Å². The van der Waals surface area contributed by atoms with Gasteiger partial charge in [0.1, 0.15) is 12.1 Å². The Bertz CT molecular complexity index is 585. The Balaban J connectivity index is 2.91. The quantitative estimate of drug-likeness (QED) is 0.754. The van der Waals surface area contributed by atoms with E-state index >= 15 is 0 Å². The van der Waals surface area contributed by atoms with Crippen molar-refractivity contribution in [3.63, 3.8) is 0 Å². The van der Waals surface area contributed by atoms with Gasteiger partial charge in [-0.3, -0.25) is 9.59 Å². The highest BCUT2D eigenvalue weighted by Crippen LogP contribution is 2.11. The fraction of sp³-hybridized carbons (Fsp3) is 0.533. The predicted octanol–water partition coefficient (Wildman–Crippen LogP) is 1.43. The van der Waals surface area contributed by atoms with E-state index in [0.29, 0.717) is 18.6 Å². The van der Waals surface area contributed by atoms with Crippen LogP contribution in [0.25, 0.3) is 0 Å². The van der Waals surface area contributed by atoms with Gasteiger partial charge in [0.05, 0.1) is 0 Å². The van der Waals surface area contributed by atoms with Crippen LogP contribution in [-0.4, -0.2) is 39.6 Å². The summed E-state index contributed by atoms with van der Waals surface area (Å²) in [6.07, 6.45) is 4.20. The number of nitrogens with zero attached hydrogens (tertiary/aromatic N) is 1. The first-order valence-corrected chi connectivity index (χ1v) is 8.51. The zero-order valence-corrected chi connectivity index (χ0v) is 13.9. The number of aliphatic carboxylic acids is 1. The van der Waals surface area contributed by atoms with Crippen molar-refractivity contribution in [2.75, 3.05) is 12.0 Å². The number of thioether (sulfide) groups is 1. The maximum atomic E-state index is 12.3. The van der Waals surface area contributed by atoms with Crippen LogP contribution in [0.1, 0.15) is 31.4 Å². The largest absolute Gasteiger partial charge is 0.480 e. The second-order valence-electron chi connectivity index (χ2n) is 5.05. The molecule has 0 saturated heterocycles. The minimum absolute atomic E-state index is 0.266. The summed E-state index contributed by atoms with van der Waals surface area (Å²) in [5.41, 5.74) is 0.554. The van der Waals surface area contributed by atoms with Gasteiger partial charge >= 0.3 is 5.97 Å². The van der Waals surface area contributed by atoms with Gasteiger partial charge in [0.15, 0.2) is 0 Å². The lowest BCUT2D eigenvalue weighted by molar-refractivity contribution is -0.142. The molecule has 2 N–H and O–H groups in total. The molecule has 1 amide bonds. The number of carboxylic acids is 1. The van der Waals surface area contributed by atoms with Crippen LogP contribution in [0.15, 0.2) is 23.1 Å². The molecular weight excluding hydrogens is 304 g/mol. The molecular formula is C15H22N2O4S. The van der Waals surface area contributed by atoms with E-state index in [1.807, 2.05) is 6.26 Å².